The van der Waals surface area contributed by atoms with E-state index < -0.39 is 0 Å². The number of pyridine rings is 1. The maximum absolute atomic E-state index is 4.97. The van der Waals surface area contributed by atoms with E-state index in [1.165, 1.54) is 5.69 Å². The largest absolute Gasteiger partial charge is 0.378 e. The van der Waals surface area contributed by atoms with Crippen LogP contribution in [0, 0.1) is 0 Å². The van der Waals surface area contributed by atoms with Gasteiger partial charge in [-0.15, -0.1) is 0 Å². The molecular weight excluding hydrogens is 384 g/mol. The third kappa shape index (κ3) is 3.86. The Morgan fingerprint density at radius 2 is 1.65 bits per heavy atom. The molecule has 31 heavy (non-hydrogen) atoms. The molecule has 0 radical (unpaired) electrons. The van der Waals surface area contributed by atoms with Crippen LogP contribution in [0.2, 0.25) is 0 Å². The molecule has 0 aliphatic carbocycles. The number of aromatic nitrogens is 3. The summed E-state index contributed by atoms with van der Waals surface area (Å²) < 4.78 is 0. The Morgan fingerprint density at radius 3 is 2.39 bits per heavy atom. The van der Waals surface area contributed by atoms with E-state index in [1.807, 2.05) is 0 Å². The monoisotopic (exact) mass is 412 g/mol. The fourth-order valence-electron chi connectivity index (χ4n) is 4.10. The van der Waals surface area contributed by atoms with Crippen molar-refractivity contribution in [2.45, 2.75) is 0 Å². The molecule has 0 bridgehead atoms. The van der Waals surface area contributed by atoms with Crippen molar-refractivity contribution in [3.63, 3.8) is 0 Å². The zero-order valence-electron chi connectivity index (χ0n) is 18.3. The zero-order valence-corrected chi connectivity index (χ0v) is 18.3. The predicted octanol–water partition coefficient (Wildman–Crippen LogP) is 4.11. The van der Waals surface area contributed by atoms with Crippen LogP contribution in [0.4, 0.5) is 11.4 Å². The second-order valence-electron chi connectivity index (χ2n) is 8.45. The summed E-state index contributed by atoms with van der Waals surface area (Å²) in [5, 5.41) is 7.72. The Morgan fingerprint density at radius 1 is 0.871 bits per heavy atom. The van der Waals surface area contributed by atoms with Crippen molar-refractivity contribution < 1.29 is 0 Å². The fourth-order valence-corrected chi connectivity index (χ4v) is 4.10. The van der Waals surface area contributed by atoms with Crippen molar-refractivity contribution in [3.05, 3.63) is 60.7 Å². The molecular formula is C25H28N6. The third-order valence-electron chi connectivity index (χ3n) is 6.08. The number of aromatic amines is 1. The number of nitrogens with zero attached hydrogens (tertiary/aromatic N) is 5. The van der Waals surface area contributed by atoms with Crippen molar-refractivity contribution in [1.82, 2.24) is 20.1 Å². The van der Waals surface area contributed by atoms with Gasteiger partial charge in [-0.25, -0.2) is 4.98 Å². The highest BCUT2D eigenvalue weighted by molar-refractivity contribution is 5.91. The standard InChI is InChI=1S/C25H28N6/c1-29(2)21-6-4-5-19(17-21)22-11-12-23-25(26-22)24(28-27-23)18-7-9-20(10-8-18)31-15-13-30(3)14-16-31/h4-12,17H,13-16H2,1-3H3,(H,27,28). The Labute approximate surface area is 183 Å². The van der Waals surface area contributed by atoms with Crippen LogP contribution >= 0.6 is 0 Å². The van der Waals surface area contributed by atoms with E-state index in [0.29, 0.717) is 0 Å². The molecule has 158 valence electrons. The van der Waals surface area contributed by atoms with Gasteiger partial charge in [-0.05, 0) is 43.4 Å². The van der Waals surface area contributed by atoms with E-state index in [0.717, 1.165) is 65.4 Å². The number of benzene rings is 2. The van der Waals surface area contributed by atoms with Crippen LogP contribution in [0.15, 0.2) is 60.7 Å². The lowest BCUT2D eigenvalue weighted by Crippen LogP contribution is -2.44. The Hall–Kier alpha value is -3.38. The Bertz CT molecular complexity index is 1190. The average Bonchev–Trinajstić information content (AvgIpc) is 3.23. The summed E-state index contributed by atoms with van der Waals surface area (Å²) >= 11 is 0. The quantitative estimate of drug-likeness (QED) is 0.547. The summed E-state index contributed by atoms with van der Waals surface area (Å²) in [6, 6.07) is 21.3. The molecule has 0 saturated carbocycles. The van der Waals surface area contributed by atoms with E-state index in [9.17, 15) is 0 Å². The highest BCUT2D eigenvalue weighted by atomic mass is 15.2. The minimum absolute atomic E-state index is 0.894. The van der Waals surface area contributed by atoms with Gasteiger partial charge in [0.15, 0.2) is 0 Å². The molecule has 0 amide bonds. The SMILES string of the molecule is CN1CCN(c2ccc(-c3n[nH]c4ccc(-c5cccc(N(C)C)c5)nc34)cc2)CC1. The molecule has 1 aliphatic rings. The van der Waals surface area contributed by atoms with Gasteiger partial charge >= 0.3 is 0 Å². The molecule has 1 saturated heterocycles. The number of anilines is 2. The molecule has 0 atom stereocenters. The lowest BCUT2D eigenvalue weighted by atomic mass is 10.1. The first-order valence-electron chi connectivity index (χ1n) is 10.8. The molecule has 4 aromatic rings. The van der Waals surface area contributed by atoms with Gasteiger partial charge in [-0.2, -0.15) is 5.10 Å². The van der Waals surface area contributed by atoms with Gasteiger partial charge in [0.25, 0.3) is 0 Å². The molecule has 2 aromatic heterocycles. The molecule has 2 aromatic carbocycles. The molecule has 0 unspecified atom stereocenters. The van der Waals surface area contributed by atoms with Crippen LogP contribution in [0.3, 0.4) is 0 Å². The Kier molecular flexibility index (Phi) is 5.08. The minimum atomic E-state index is 0.894. The van der Waals surface area contributed by atoms with Crippen molar-refractivity contribution in [2.75, 3.05) is 57.1 Å². The molecule has 1 aliphatic heterocycles. The van der Waals surface area contributed by atoms with Crippen LogP contribution in [0.1, 0.15) is 0 Å². The number of rotatable bonds is 4. The van der Waals surface area contributed by atoms with Gasteiger partial charge in [-0.3, -0.25) is 5.10 Å². The highest BCUT2D eigenvalue weighted by Crippen LogP contribution is 2.30. The second-order valence-corrected chi connectivity index (χ2v) is 8.45. The van der Waals surface area contributed by atoms with Gasteiger partial charge in [0, 0.05) is 62.8 Å². The molecule has 6 nitrogen and oxygen atoms in total. The number of piperazine rings is 1. The first-order chi connectivity index (χ1) is 15.1. The summed E-state index contributed by atoms with van der Waals surface area (Å²) in [4.78, 5) is 11.9. The number of fused-ring (bicyclic) bond motifs is 1. The van der Waals surface area contributed by atoms with E-state index in [1.54, 1.807) is 0 Å². The van der Waals surface area contributed by atoms with Crippen molar-refractivity contribution in [2.24, 2.45) is 0 Å². The maximum atomic E-state index is 4.97. The lowest BCUT2D eigenvalue weighted by molar-refractivity contribution is 0.313. The number of hydrogen-bond acceptors (Lipinski definition) is 5. The van der Waals surface area contributed by atoms with Crippen molar-refractivity contribution in [1.29, 1.82) is 0 Å². The Balaban J connectivity index is 1.47. The minimum Gasteiger partial charge on any atom is -0.378 e. The van der Waals surface area contributed by atoms with E-state index >= 15 is 0 Å². The van der Waals surface area contributed by atoms with Crippen LogP contribution in [-0.2, 0) is 0 Å². The highest BCUT2D eigenvalue weighted by Gasteiger charge is 2.16. The van der Waals surface area contributed by atoms with Crippen molar-refractivity contribution >= 4 is 22.4 Å². The number of nitrogens with one attached hydrogen (secondary N) is 1. The van der Waals surface area contributed by atoms with Gasteiger partial charge in [-0.1, -0.05) is 24.3 Å². The van der Waals surface area contributed by atoms with Crippen LogP contribution in [0.25, 0.3) is 33.5 Å². The topological polar surface area (TPSA) is 51.3 Å². The number of likely N-dealkylation sites (N-methyl/N-ethyl adjacent to an activating group) is 1. The molecule has 1 N–H and O–H groups in total. The summed E-state index contributed by atoms with van der Waals surface area (Å²) in [7, 11) is 6.28. The molecule has 6 heteroatoms. The lowest BCUT2D eigenvalue weighted by Gasteiger charge is -2.34. The first kappa shape index (κ1) is 19.6. The fraction of sp³-hybridized carbons (Fsp3) is 0.280. The third-order valence-corrected chi connectivity index (χ3v) is 6.08. The van der Waals surface area contributed by atoms with Gasteiger partial charge in [0.1, 0.15) is 11.2 Å². The summed E-state index contributed by atoms with van der Waals surface area (Å²) in [5.74, 6) is 0. The normalized spacial score (nSPS) is 14.9. The van der Waals surface area contributed by atoms with E-state index in [2.05, 4.69) is 107 Å². The smallest absolute Gasteiger partial charge is 0.118 e. The molecule has 5 rings (SSSR count). The van der Waals surface area contributed by atoms with E-state index in [-0.39, 0.29) is 0 Å². The zero-order chi connectivity index (χ0) is 21.4. The van der Waals surface area contributed by atoms with Crippen LogP contribution in [0.5, 0.6) is 0 Å². The van der Waals surface area contributed by atoms with Gasteiger partial charge < -0.3 is 14.7 Å². The second kappa shape index (κ2) is 8.04. The molecule has 1 fully saturated rings. The van der Waals surface area contributed by atoms with Gasteiger partial charge in [0.2, 0.25) is 0 Å². The van der Waals surface area contributed by atoms with Crippen LogP contribution < -0.4 is 9.80 Å². The molecule has 3 heterocycles. The number of hydrogen-bond donors (Lipinski definition) is 1. The predicted molar refractivity (Wildman–Crippen MR) is 129 cm³/mol. The maximum Gasteiger partial charge on any atom is 0.118 e. The van der Waals surface area contributed by atoms with Crippen LogP contribution in [-0.4, -0.2) is 67.4 Å². The molecule has 0 spiro atoms. The van der Waals surface area contributed by atoms with Gasteiger partial charge in [0.05, 0.1) is 11.2 Å². The summed E-state index contributed by atoms with van der Waals surface area (Å²) in [5.41, 5.74) is 8.31. The average molecular weight is 413 g/mol. The first-order valence-corrected chi connectivity index (χ1v) is 10.8. The van der Waals surface area contributed by atoms with Crippen molar-refractivity contribution in [3.8, 4) is 22.5 Å². The summed E-state index contributed by atoms with van der Waals surface area (Å²) in [6.45, 7) is 4.34. The number of H-pyrrole nitrogens is 1. The summed E-state index contributed by atoms with van der Waals surface area (Å²) in [6.07, 6.45) is 0. The van der Waals surface area contributed by atoms with E-state index in [4.69, 9.17) is 4.98 Å².